The number of carbonyl (C=O) groups is 3. The van der Waals surface area contributed by atoms with Gasteiger partial charge in [-0.05, 0) is 18.2 Å². The lowest BCUT2D eigenvalue weighted by molar-refractivity contribution is -0.143. The van der Waals surface area contributed by atoms with Crippen molar-refractivity contribution in [2.45, 2.75) is 16.6 Å². The first-order valence-corrected chi connectivity index (χ1v) is 9.31. The van der Waals surface area contributed by atoms with Crippen LogP contribution in [0.4, 0.5) is 5.69 Å². The van der Waals surface area contributed by atoms with Gasteiger partial charge in [-0.2, -0.15) is 0 Å². The lowest BCUT2D eigenvalue weighted by Crippen LogP contribution is -2.31. The summed E-state index contributed by atoms with van der Waals surface area (Å²) < 4.78 is 5.12. The number of H-pyrrole nitrogens is 1. The fourth-order valence-electron chi connectivity index (χ4n) is 2.96. The van der Waals surface area contributed by atoms with E-state index >= 15 is 0 Å². The highest BCUT2D eigenvalue weighted by Crippen LogP contribution is 2.36. The number of ketones is 1. The molecule has 2 aromatic carbocycles. The second-order valence-corrected chi connectivity index (χ2v) is 7.37. The summed E-state index contributed by atoms with van der Waals surface area (Å²) in [5, 5.41) is 3.00. The highest BCUT2D eigenvalue weighted by atomic mass is 32.2. The summed E-state index contributed by atoms with van der Waals surface area (Å²) in [6.07, 6.45) is 1.52. The van der Waals surface area contributed by atoms with Gasteiger partial charge in [0.2, 0.25) is 11.7 Å². The summed E-state index contributed by atoms with van der Waals surface area (Å²) in [4.78, 5) is 40.6. The summed E-state index contributed by atoms with van der Waals surface area (Å²) in [5.74, 6) is -1.10. The molecular weight excluding hydrogens is 364 g/mol. The quantitative estimate of drug-likeness (QED) is 0.523. The Hall–Kier alpha value is -3.06. The molecule has 1 aliphatic heterocycles. The smallest absolute Gasteiger partial charge is 0.307 e. The van der Waals surface area contributed by atoms with E-state index in [1.165, 1.54) is 11.8 Å². The number of fused-ring (bicyclic) bond motifs is 2. The van der Waals surface area contributed by atoms with Gasteiger partial charge in [-0.1, -0.05) is 30.3 Å². The number of para-hydroxylation sites is 2. The van der Waals surface area contributed by atoms with Gasteiger partial charge >= 0.3 is 5.97 Å². The number of aromatic amines is 1. The van der Waals surface area contributed by atoms with Crippen LogP contribution in [0.15, 0.2) is 59.6 Å². The number of thioether (sulfide) groups is 1. The van der Waals surface area contributed by atoms with Crippen LogP contribution in [-0.4, -0.2) is 34.5 Å². The second-order valence-electron chi connectivity index (χ2n) is 6.13. The van der Waals surface area contributed by atoms with Crippen LogP contribution < -0.4 is 5.32 Å². The molecule has 4 rings (SSSR count). The minimum Gasteiger partial charge on any atom is -0.457 e. The van der Waals surface area contributed by atoms with Gasteiger partial charge in [-0.25, -0.2) is 0 Å². The van der Waals surface area contributed by atoms with Crippen molar-refractivity contribution in [2.75, 3.05) is 11.9 Å². The van der Waals surface area contributed by atoms with Crippen LogP contribution in [0.2, 0.25) is 0 Å². The van der Waals surface area contributed by atoms with Gasteiger partial charge in [0, 0.05) is 27.6 Å². The first-order chi connectivity index (χ1) is 13.1. The molecule has 0 bridgehead atoms. The third-order valence-corrected chi connectivity index (χ3v) is 5.59. The Labute approximate surface area is 159 Å². The van der Waals surface area contributed by atoms with E-state index in [9.17, 15) is 14.4 Å². The summed E-state index contributed by atoms with van der Waals surface area (Å²) in [6.45, 7) is -0.351. The highest BCUT2D eigenvalue weighted by Gasteiger charge is 2.29. The first-order valence-electron chi connectivity index (χ1n) is 8.43. The van der Waals surface area contributed by atoms with Crippen molar-refractivity contribution in [3.63, 3.8) is 0 Å². The molecule has 1 amide bonds. The molecule has 0 spiro atoms. The molecule has 0 aliphatic carbocycles. The number of aromatic nitrogens is 1. The monoisotopic (exact) mass is 380 g/mol. The fraction of sp³-hybridized carbons (Fsp3) is 0.150. The van der Waals surface area contributed by atoms with Crippen molar-refractivity contribution in [1.82, 2.24) is 4.98 Å². The van der Waals surface area contributed by atoms with Crippen LogP contribution in [0.1, 0.15) is 16.8 Å². The van der Waals surface area contributed by atoms with Crippen LogP contribution in [0.3, 0.4) is 0 Å². The molecule has 0 fully saturated rings. The van der Waals surface area contributed by atoms with Crippen molar-refractivity contribution in [3.05, 3.63) is 60.3 Å². The van der Waals surface area contributed by atoms with Crippen molar-refractivity contribution in [3.8, 4) is 0 Å². The molecular formula is C20H16N2O4S. The Morgan fingerprint density at radius 2 is 1.85 bits per heavy atom. The van der Waals surface area contributed by atoms with Gasteiger partial charge in [0.25, 0.3) is 0 Å². The molecule has 1 aromatic heterocycles. The SMILES string of the molecule is O=C(CC1Sc2ccccc2NC1=O)OCC(=O)c1c[nH]c2ccccc12. The average Bonchev–Trinajstić information content (AvgIpc) is 3.11. The first kappa shape index (κ1) is 17.4. The molecule has 0 saturated heterocycles. The van der Waals surface area contributed by atoms with Gasteiger partial charge in [0.05, 0.1) is 17.4 Å². The van der Waals surface area contributed by atoms with Crippen LogP contribution in [0.5, 0.6) is 0 Å². The summed E-state index contributed by atoms with van der Waals surface area (Å²) in [5.41, 5.74) is 2.07. The molecule has 7 heteroatoms. The van der Waals surface area contributed by atoms with Crippen LogP contribution in [0.25, 0.3) is 10.9 Å². The van der Waals surface area contributed by atoms with Crippen molar-refractivity contribution < 1.29 is 19.1 Å². The molecule has 136 valence electrons. The zero-order valence-electron chi connectivity index (χ0n) is 14.2. The molecule has 1 atom stereocenters. The number of amides is 1. The molecule has 2 heterocycles. The van der Waals surface area contributed by atoms with E-state index in [2.05, 4.69) is 10.3 Å². The topological polar surface area (TPSA) is 88.3 Å². The van der Waals surface area contributed by atoms with Crippen LogP contribution in [0, 0.1) is 0 Å². The summed E-state index contributed by atoms with van der Waals surface area (Å²) in [7, 11) is 0. The standard InChI is InChI=1S/C20H16N2O4S/c23-16(13-10-21-14-6-2-1-5-12(13)14)11-26-19(24)9-18-20(25)22-15-7-3-4-8-17(15)27-18/h1-8,10,18,21H,9,11H2,(H,22,25). The Morgan fingerprint density at radius 1 is 1.07 bits per heavy atom. The van der Waals surface area contributed by atoms with Gasteiger partial charge < -0.3 is 15.0 Å². The molecule has 27 heavy (non-hydrogen) atoms. The zero-order chi connectivity index (χ0) is 18.8. The maximum Gasteiger partial charge on any atom is 0.307 e. The van der Waals surface area contributed by atoms with Crippen molar-refractivity contribution in [1.29, 1.82) is 0 Å². The van der Waals surface area contributed by atoms with Gasteiger partial charge in [-0.15, -0.1) is 11.8 Å². The van der Waals surface area contributed by atoms with E-state index in [1.54, 1.807) is 6.20 Å². The predicted octanol–water partition coefficient (Wildman–Crippen LogP) is 3.40. The van der Waals surface area contributed by atoms with Crippen molar-refractivity contribution in [2.24, 2.45) is 0 Å². The number of rotatable bonds is 5. The maximum atomic E-state index is 12.4. The Morgan fingerprint density at radius 3 is 2.74 bits per heavy atom. The lowest BCUT2D eigenvalue weighted by Gasteiger charge is -2.23. The van der Waals surface area contributed by atoms with Gasteiger partial charge in [0.1, 0.15) is 0 Å². The minimum absolute atomic E-state index is 0.0913. The largest absolute Gasteiger partial charge is 0.457 e. The minimum atomic E-state index is -0.574. The summed E-state index contributed by atoms with van der Waals surface area (Å²) in [6, 6.07) is 14.8. The Kier molecular flexibility index (Phi) is 4.68. The molecule has 0 saturated carbocycles. The molecule has 2 N–H and O–H groups in total. The van der Waals surface area contributed by atoms with E-state index < -0.39 is 11.2 Å². The number of anilines is 1. The van der Waals surface area contributed by atoms with E-state index in [4.69, 9.17) is 4.74 Å². The van der Waals surface area contributed by atoms with E-state index in [1.807, 2.05) is 48.5 Å². The van der Waals surface area contributed by atoms with Gasteiger partial charge in [-0.3, -0.25) is 14.4 Å². The average molecular weight is 380 g/mol. The lowest BCUT2D eigenvalue weighted by atomic mass is 10.1. The molecule has 1 aliphatic rings. The molecule has 1 unspecified atom stereocenters. The third-order valence-electron chi connectivity index (χ3n) is 4.31. The highest BCUT2D eigenvalue weighted by molar-refractivity contribution is 8.01. The number of hydrogen-bond acceptors (Lipinski definition) is 5. The number of carbonyl (C=O) groups excluding carboxylic acids is 3. The number of nitrogens with one attached hydrogen (secondary N) is 2. The predicted molar refractivity (Wildman–Crippen MR) is 103 cm³/mol. The molecule has 6 nitrogen and oxygen atoms in total. The van der Waals surface area contributed by atoms with Crippen LogP contribution >= 0.6 is 11.8 Å². The Bertz CT molecular complexity index is 1040. The van der Waals surface area contributed by atoms with Gasteiger partial charge in [0.15, 0.2) is 6.61 Å². The fourth-order valence-corrected chi connectivity index (χ4v) is 4.06. The number of ether oxygens (including phenoxy) is 1. The van der Waals surface area contributed by atoms with E-state index in [0.717, 1.165) is 21.5 Å². The van der Waals surface area contributed by atoms with E-state index in [0.29, 0.717) is 5.56 Å². The number of hydrogen-bond donors (Lipinski definition) is 2. The Balaban J connectivity index is 1.36. The number of benzene rings is 2. The zero-order valence-corrected chi connectivity index (χ0v) is 15.0. The second kappa shape index (κ2) is 7.28. The molecule has 3 aromatic rings. The van der Waals surface area contributed by atoms with E-state index in [-0.39, 0.29) is 24.7 Å². The van der Waals surface area contributed by atoms with Crippen molar-refractivity contribution >= 4 is 46.0 Å². The third kappa shape index (κ3) is 3.59. The normalized spacial score (nSPS) is 15.9. The maximum absolute atomic E-state index is 12.4. The van der Waals surface area contributed by atoms with Crippen LogP contribution in [-0.2, 0) is 14.3 Å². The number of Topliss-reactive ketones (excluding diaryl/α,β-unsaturated/α-hetero) is 1. The molecule has 0 radical (unpaired) electrons. The summed E-state index contributed by atoms with van der Waals surface area (Å²) >= 11 is 1.32. The number of esters is 1.